The molecule has 0 amide bonds. The van der Waals surface area contributed by atoms with Crippen molar-refractivity contribution in [3.63, 3.8) is 0 Å². The van der Waals surface area contributed by atoms with Crippen LogP contribution in [0.25, 0.3) is 22.4 Å². The summed E-state index contributed by atoms with van der Waals surface area (Å²) in [6.07, 6.45) is 3.46. The maximum atomic E-state index is 4.45. The van der Waals surface area contributed by atoms with Crippen LogP contribution in [0.2, 0.25) is 0 Å². The molecule has 0 fully saturated rings. The minimum Gasteiger partial charge on any atom is -0.357 e. The zero-order valence-electron chi connectivity index (χ0n) is 9.47. The summed E-state index contributed by atoms with van der Waals surface area (Å²) in [5.41, 5.74) is 2.45. The number of nitrogens with one attached hydrogen (secondary N) is 2. The molecule has 7 nitrogen and oxygen atoms in total. The number of hydrogen-bond acceptors (Lipinski definition) is 5. The van der Waals surface area contributed by atoms with Crippen LogP contribution >= 0.6 is 0 Å². The highest BCUT2D eigenvalue weighted by atomic mass is 15.3. The van der Waals surface area contributed by atoms with Crippen LogP contribution in [0.5, 0.6) is 0 Å². The number of hydrogen-bond donors (Lipinski definition) is 2. The Bertz CT molecular complexity index is 666. The topological polar surface area (TPSA) is 84.3 Å². The van der Waals surface area contributed by atoms with Gasteiger partial charge in [0.05, 0.1) is 17.3 Å². The summed E-state index contributed by atoms with van der Waals surface area (Å²) < 4.78 is 1.77. The van der Waals surface area contributed by atoms with Crippen LogP contribution in [0.15, 0.2) is 18.5 Å². The van der Waals surface area contributed by atoms with Crippen molar-refractivity contribution in [3.8, 4) is 11.4 Å². The van der Waals surface area contributed by atoms with E-state index in [1.165, 1.54) is 0 Å². The van der Waals surface area contributed by atoms with Crippen LogP contribution in [0, 0.1) is 0 Å². The molecule has 0 aromatic carbocycles. The Hall–Kier alpha value is -2.44. The maximum Gasteiger partial charge on any atom is 0.225 e. The number of H-pyrrole nitrogens is 1. The number of rotatable bonds is 2. The summed E-state index contributed by atoms with van der Waals surface area (Å²) in [6.45, 7) is 0. The average molecular weight is 229 g/mol. The molecule has 0 radical (unpaired) electrons. The fourth-order valence-electron chi connectivity index (χ4n) is 1.75. The maximum absolute atomic E-state index is 4.45. The van der Waals surface area contributed by atoms with Gasteiger partial charge >= 0.3 is 0 Å². The molecule has 17 heavy (non-hydrogen) atoms. The second-order valence-electron chi connectivity index (χ2n) is 3.62. The lowest BCUT2D eigenvalue weighted by molar-refractivity contribution is 0.774. The van der Waals surface area contributed by atoms with E-state index in [0.29, 0.717) is 11.6 Å². The Labute approximate surface area is 96.9 Å². The largest absolute Gasteiger partial charge is 0.357 e. The first-order valence-corrected chi connectivity index (χ1v) is 5.17. The zero-order valence-corrected chi connectivity index (χ0v) is 9.47. The summed E-state index contributed by atoms with van der Waals surface area (Å²) in [5.74, 6) is 0.554. The van der Waals surface area contributed by atoms with Gasteiger partial charge in [-0.15, -0.1) is 0 Å². The van der Waals surface area contributed by atoms with Crippen molar-refractivity contribution in [1.29, 1.82) is 0 Å². The molecule has 3 aromatic heterocycles. The second-order valence-corrected chi connectivity index (χ2v) is 3.62. The molecule has 3 rings (SSSR count). The summed E-state index contributed by atoms with van der Waals surface area (Å²) >= 11 is 0. The van der Waals surface area contributed by atoms with Crippen molar-refractivity contribution < 1.29 is 0 Å². The molecule has 0 unspecified atom stereocenters. The molecule has 0 spiro atoms. The summed E-state index contributed by atoms with van der Waals surface area (Å²) in [5, 5.41) is 14.8. The fourth-order valence-corrected chi connectivity index (χ4v) is 1.75. The van der Waals surface area contributed by atoms with Gasteiger partial charge in [-0.1, -0.05) is 0 Å². The normalized spacial score (nSPS) is 10.9. The van der Waals surface area contributed by atoms with Crippen LogP contribution in [0.4, 0.5) is 5.95 Å². The van der Waals surface area contributed by atoms with Crippen molar-refractivity contribution in [1.82, 2.24) is 29.9 Å². The van der Waals surface area contributed by atoms with E-state index in [9.17, 15) is 0 Å². The van der Waals surface area contributed by atoms with Gasteiger partial charge < -0.3 is 5.32 Å². The van der Waals surface area contributed by atoms with Gasteiger partial charge in [-0.3, -0.25) is 9.78 Å². The van der Waals surface area contributed by atoms with Crippen LogP contribution < -0.4 is 5.32 Å². The SMILES string of the molecule is CNc1nc(-c2ccnn2C)c2cn[nH]c2n1. The first kappa shape index (κ1) is 9.76. The van der Waals surface area contributed by atoms with Crippen molar-refractivity contribution in [2.75, 3.05) is 12.4 Å². The van der Waals surface area contributed by atoms with Crippen LogP contribution in [-0.4, -0.2) is 37.0 Å². The van der Waals surface area contributed by atoms with Crippen molar-refractivity contribution in [2.24, 2.45) is 7.05 Å². The second kappa shape index (κ2) is 3.55. The molecule has 0 saturated heterocycles. The minimum atomic E-state index is 0.554. The number of fused-ring (bicyclic) bond motifs is 1. The highest BCUT2D eigenvalue weighted by Gasteiger charge is 2.13. The molecule has 0 bridgehead atoms. The zero-order chi connectivity index (χ0) is 11.8. The molecule has 0 aliphatic rings. The van der Waals surface area contributed by atoms with Crippen molar-refractivity contribution in [3.05, 3.63) is 18.5 Å². The molecule has 2 N–H and O–H groups in total. The Morgan fingerprint density at radius 1 is 1.35 bits per heavy atom. The molecule has 0 saturated carbocycles. The van der Waals surface area contributed by atoms with Gasteiger partial charge in [0.1, 0.15) is 5.69 Å². The first-order chi connectivity index (χ1) is 8.29. The van der Waals surface area contributed by atoms with E-state index in [2.05, 4.69) is 30.6 Å². The molecule has 0 atom stereocenters. The lowest BCUT2D eigenvalue weighted by atomic mass is 10.2. The molecule has 7 heteroatoms. The van der Waals surface area contributed by atoms with E-state index in [-0.39, 0.29) is 0 Å². The van der Waals surface area contributed by atoms with Crippen molar-refractivity contribution in [2.45, 2.75) is 0 Å². The number of aryl methyl sites for hydroxylation is 1. The third-order valence-corrected chi connectivity index (χ3v) is 2.60. The molecule has 86 valence electrons. The van der Waals surface area contributed by atoms with E-state index in [1.807, 2.05) is 13.1 Å². The Kier molecular flexibility index (Phi) is 2.04. The molecule has 3 aromatic rings. The summed E-state index contributed by atoms with van der Waals surface area (Å²) in [4.78, 5) is 8.74. The van der Waals surface area contributed by atoms with Crippen LogP contribution in [-0.2, 0) is 7.05 Å². The molecule has 3 heterocycles. The lowest BCUT2D eigenvalue weighted by Gasteiger charge is -2.05. The number of aromatic nitrogens is 6. The molecular formula is C10H11N7. The summed E-state index contributed by atoms with van der Waals surface area (Å²) in [6, 6.07) is 1.91. The number of anilines is 1. The summed E-state index contributed by atoms with van der Waals surface area (Å²) in [7, 11) is 3.66. The molecule has 0 aliphatic carbocycles. The van der Waals surface area contributed by atoms with E-state index < -0.39 is 0 Å². The predicted molar refractivity (Wildman–Crippen MR) is 63.4 cm³/mol. The Balaban J connectivity index is 2.34. The van der Waals surface area contributed by atoms with Gasteiger partial charge in [0, 0.05) is 20.3 Å². The van der Waals surface area contributed by atoms with E-state index in [4.69, 9.17) is 0 Å². The third kappa shape index (κ3) is 1.43. The van der Waals surface area contributed by atoms with Gasteiger partial charge in [0.25, 0.3) is 0 Å². The minimum absolute atomic E-state index is 0.554. The van der Waals surface area contributed by atoms with Gasteiger partial charge in [-0.25, -0.2) is 4.98 Å². The average Bonchev–Trinajstić information content (AvgIpc) is 2.95. The Morgan fingerprint density at radius 2 is 2.24 bits per heavy atom. The van der Waals surface area contributed by atoms with Gasteiger partial charge in [0.2, 0.25) is 5.95 Å². The van der Waals surface area contributed by atoms with Crippen LogP contribution in [0.3, 0.4) is 0 Å². The highest BCUT2D eigenvalue weighted by molar-refractivity contribution is 5.89. The number of nitrogens with zero attached hydrogens (tertiary/aromatic N) is 5. The first-order valence-electron chi connectivity index (χ1n) is 5.17. The van der Waals surface area contributed by atoms with Gasteiger partial charge in [-0.2, -0.15) is 15.2 Å². The lowest BCUT2D eigenvalue weighted by Crippen LogP contribution is -2.01. The fraction of sp³-hybridized carbons (Fsp3) is 0.200. The third-order valence-electron chi connectivity index (χ3n) is 2.60. The number of aromatic amines is 1. The van der Waals surface area contributed by atoms with E-state index in [0.717, 1.165) is 16.8 Å². The standard InChI is InChI=1S/C10H11N7/c1-11-10-14-8(7-3-4-13-17(7)2)6-5-12-16-9(6)15-10/h3-5H,1-2H3,(H2,11,12,14,15,16). The van der Waals surface area contributed by atoms with E-state index >= 15 is 0 Å². The van der Waals surface area contributed by atoms with E-state index in [1.54, 1.807) is 24.1 Å². The smallest absolute Gasteiger partial charge is 0.225 e. The molecular weight excluding hydrogens is 218 g/mol. The van der Waals surface area contributed by atoms with Crippen LogP contribution in [0.1, 0.15) is 0 Å². The highest BCUT2D eigenvalue weighted by Crippen LogP contribution is 2.25. The predicted octanol–water partition coefficient (Wildman–Crippen LogP) is 0.795. The molecule has 0 aliphatic heterocycles. The quantitative estimate of drug-likeness (QED) is 0.678. The monoisotopic (exact) mass is 229 g/mol. The van der Waals surface area contributed by atoms with Gasteiger partial charge in [-0.05, 0) is 6.07 Å². The van der Waals surface area contributed by atoms with Crippen molar-refractivity contribution >= 4 is 17.0 Å². The van der Waals surface area contributed by atoms with Gasteiger partial charge in [0.15, 0.2) is 5.65 Å². The Morgan fingerprint density at radius 3 is 2.94 bits per heavy atom.